The van der Waals surface area contributed by atoms with Gasteiger partial charge in [0.2, 0.25) is 5.56 Å². The summed E-state index contributed by atoms with van der Waals surface area (Å²) in [5.74, 6) is 0. The Kier molecular flexibility index (Phi) is 3.72. The van der Waals surface area contributed by atoms with Crippen LogP contribution in [0.3, 0.4) is 0 Å². The summed E-state index contributed by atoms with van der Waals surface area (Å²) in [4.78, 5) is 18.4. The summed E-state index contributed by atoms with van der Waals surface area (Å²) < 4.78 is 26.5. The average molecular weight is 299 g/mol. The fourth-order valence-corrected chi connectivity index (χ4v) is 3.64. The van der Waals surface area contributed by atoms with Crippen LogP contribution >= 0.6 is 11.3 Å². The normalized spacial score (nSPS) is 11.5. The highest BCUT2D eigenvalue weighted by Gasteiger charge is 2.17. The van der Waals surface area contributed by atoms with Crippen LogP contribution in [0.4, 0.5) is 5.13 Å². The minimum absolute atomic E-state index is 0.00185. The molecule has 0 atom stereocenters. The fraction of sp³-hybridized carbons (Fsp3) is 0.273. The smallest absolute Gasteiger partial charge is 0.265 e. The minimum atomic E-state index is -3.71. The first-order valence-electron chi connectivity index (χ1n) is 5.60. The van der Waals surface area contributed by atoms with E-state index in [0.717, 1.165) is 23.2 Å². The third-order valence-corrected chi connectivity index (χ3v) is 4.91. The highest BCUT2D eigenvalue weighted by Crippen LogP contribution is 2.24. The second kappa shape index (κ2) is 5.14. The number of hydrogen-bond acceptors (Lipinski definition) is 5. The van der Waals surface area contributed by atoms with Gasteiger partial charge >= 0.3 is 0 Å². The number of sulfonamides is 1. The summed E-state index contributed by atoms with van der Waals surface area (Å²) in [5.41, 5.74) is 0.529. The lowest BCUT2D eigenvalue weighted by Crippen LogP contribution is -2.15. The van der Waals surface area contributed by atoms with Gasteiger partial charge in [0.05, 0.1) is 5.69 Å². The van der Waals surface area contributed by atoms with E-state index >= 15 is 0 Å². The van der Waals surface area contributed by atoms with Gasteiger partial charge in [-0.3, -0.25) is 9.52 Å². The highest BCUT2D eigenvalue weighted by atomic mass is 32.2. The van der Waals surface area contributed by atoms with Crippen molar-refractivity contribution < 1.29 is 8.42 Å². The molecule has 0 spiro atoms. The van der Waals surface area contributed by atoms with Crippen LogP contribution in [-0.4, -0.2) is 18.4 Å². The van der Waals surface area contributed by atoms with E-state index in [4.69, 9.17) is 0 Å². The lowest BCUT2D eigenvalue weighted by atomic mass is 10.3. The van der Waals surface area contributed by atoms with Crippen LogP contribution in [0.5, 0.6) is 0 Å². The van der Waals surface area contributed by atoms with E-state index in [2.05, 4.69) is 14.7 Å². The van der Waals surface area contributed by atoms with Crippen LogP contribution in [0.25, 0.3) is 0 Å². The van der Waals surface area contributed by atoms with Crippen molar-refractivity contribution in [1.29, 1.82) is 0 Å². The topological polar surface area (TPSA) is 91.9 Å². The number of aryl methyl sites for hydroxylation is 2. The molecule has 0 amide bonds. The van der Waals surface area contributed by atoms with Gasteiger partial charge < -0.3 is 4.98 Å². The number of hydrogen-bond donors (Lipinski definition) is 2. The average Bonchev–Trinajstić information content (AvgIpc) is 2.69. The van der Waals surface area contributed by atoms with Crippen molar-refractivity contribution in [2.24, 2.45) is 0 Å². The molecule has 2 N–H and O–H groups in total. The number of aromatic nitrogens is 2. The zero-order valence-electron chi connectivity index (χ0n) is 10.4. The maximum absolute atomic E-state index is 12.1. The maximum Gasteiger partial charge on any atom is 0.265 e. The second-order valence-corrected chi connectivity index (χ2v) is 6.76. The Balaban J connectivity index is 2.30. The molecule has 0 saturated heterocycles. The number of anilines is 1. The lowest BCUT2D eigenvalue weighted by Gasteiger charge is -2.03. The van der Waals surface area contributed by atoms with E-state index in [1.165, 1.54) is 23.5 Å². The van der Waals surface area contributed by atoms with Crippen LogP contribution in [0, 0.1) is 6.92 Å². The molecule has 19 heavy (non-hydrogen) atoms. The van der Waals surface area contributed by atoms with E-state index in [0.29, 0.717) is 5.13 Å². The zero-order chi connectivity index (χ0) is 14.0. The SMILES string of the molecule is CCc1nc(NS(=O)(=O)c2ccc(=O)[nH]c2)sc1C. The molecule has 0 fully saturated rings. The molecular formula is C11H13N3O3S2. The molecule has 0 radical (unpaired) electrons. The van der Waals surface area contributed by atoms with Crippen molar-refractivity contribution in [1.82, 2.24) is 9.97 Å². The Bertz CT molecular complexity index is 726. The Hall–Kier alpha value is -1.67. The quantitative estimate of drug-likeness (QED) is 0.895. The van der Waals surface area contributed by atoms with Crippen molar-refractivity contribution >= 4 is 26.5 Å². The van der Waals surface area contributed by atoms with Crippen LogP contribution in [0.15, 0.2) is 28.0 Å². The molecule has 2 rings (SSSR count). The van der Waals surface area contributed by atoms with E-state index in [9.17, 15) is 13.2 Å². The number of H-pyrrole nitrogens is 1. The first-order valence-corrected chi connectivity index (χ1v) is 7.90. The molecule has 0 aliphatic rings. The summed E-state index contributed by atoms with van der Waals surface area (Å²) in [6.07, 6.45) is 1.91. The Morgan fingerprint density at radius 3 is 2.68 bits per heavy atom. The van der Waals surface area contributed by atoms with Gasteiger partial charge in [0, 0.05) is 17.1 Å². The summed E-state index contributed by atoms with van der Waals surface area (Å²) in [6, 6.07) is 2.42. The zero-order valence-corrected chi connectivity index (χ0v) is 12.1. The van der Waals surface area contributed by atoms with Gasteiger partial charge in [-0.2, -0.15) is 0 Å². The number of aromatic amines is 1. The van der Waals surface area contributed by atoms with Crippen LogP contribution < -0.4 is 10.3 Å². The third kappa shape index (κ3) is 3.02. The summed E-state index contributed by atoms with van der Waals surface area (Å²) in [7, 11) is -3.71. The molecule has 0 aliphatic heterocycles. The highest BCUT2D eigenvalue weighted by molar-refractivity contribution is 7.93. The van der Waals surface area contributed by atoms with E-state index in [1.807, 2.05) is 13.8 Å². The minimum Gasteiger partial charge on any atom is -0.328 e. The van der Waals surface area contributed by atoms with E-state index in [1.54, 1.807) is 0 Å². The first-order chi connectivity index (χ1) is 8.92. The van der Waals surface area contributed by atoms with Gasteiger partial charge in [-0.1, -0.05) is 6.92 Å². The van der Waals surface area contributed by atoms with Crippen LogP contribution in [0.1, 0.15) is 17.5 Å². The van der Waals surface area contributed by atoms with Gasteiger partial charge in [-0.15, -0.1) is 11.3 Å². The molecular weight excluding hydrogens is 286 g/mol. The Morgan fingerprint density at radius 1 is 1.42 bits per heavy atom. The number of nitrogens with one attached hydrogen (secondary N) is 2. The molecule has 2 heterocycles. The Morgan fingerprint density at radius 2 is 2.16 bits per heavy atom. The predicted octanol–water partition coefficient (Wildman–Crippen LogP) is 1.50. The molecule has 0 unspecified atom stereocenters. The molecule has 2 aromatic rings. The van der Waals surface area contributed by atoms with Crippen LogP contribution in [0.2, 0.25) is 0 Å². The van der Waals surface area contributed by atoms with Crippen molar-refractivity contribution in [3.05, 3.63) is 39.3 Å². The second-order valence-electron chi connectivity index (χ2n) is 3.87. The van der Waals surface area contributed by atoms with Crippen molar-refractivity contribution in [3.8, 4) is 0 Å². The van der Waals surface area contributed by atoms with E-state index < -0.39 is 10.0 Å². The largest absolute Gasteiger partial charge is 0.328 e. The van der Waals surface area contributed by atoms with Gasteiger partial charge in [-0.05, 0) is 19.4 Å². The molecule has 0 saturated carbocycles. The molecule has 8 heteroatoms. The van der Waals surface area contributed by atoms with Crippen molar-refractivity contribution in [2.75, 3.05) is 4.72 Å². The predicted molar refractivity (Wildman–Crippen MR) is 74.1 cm³/mol. The molecule has 0 bridgehead atoms. The number of thiazole rings is 1. The van der Waals surface area contributed by atoms with E-state index in [-0.39, 0.29) is 10.5 Å². The van der Waals surface area contributed by atoms with Crippen LogP contribution in [-0.2, 0) is 16.4 Å². The molecule has 2 aromatic heterocycles. The monoisotopic (exact) mass is 299 g/mol. The Labute approximate surface area is 114 Å². The standard InChI is InChI=1S/C11H13N3O3S2/c1-3-9-7(2)18-11(13-9)14-19(16,17)8-4-5-10(15)12-6-8/h4-6H,3H2,1-2H3,(H,12,15)(H,13,14). The van der Waals surface area contributed by atoms with Gasteiger partial charge in [0.1, 0.15) is 4.90 Å². The first kappa shape index (κ1) is 13.8. The molecule has 0 aromatic carbocycles. The number of nitrogens with zero attached hydrogens (tertiary/aromatic N) is 1. The lowest BCUT2D eigenvalue weighted by molar-refractivity contribution is 0.600. The van der Waals surface area contributed by atoms with Gasteiger partial charge in [0.25, 0.3) is 10.0 Å². The molecule has 0 aliphatic carbocycles. The third-order valence-electron chi connectivity index (χ3n) is 2.52. The van der Waals surface area contributed by atoms with Gasteiger partial charge in [0.15, 0.2) is 5.13 Å². The summed E-state index contributed by atoms with van der Waals surface area (Å²) >= 11 is 1.29. The van der Waals surface area contributed by atoms with Crippen molar-refractivity contribution in [3.63, 3.8) is 0 Å². The molecule has 6 nitrogen and oxygen atoms in total. The van der Waals surface area contributed by atoms with Crippen molar-refractivity contribution in [2.45, 2.75) is 25.2 Å². The number of rotatable bonds is 4. The summed E-state index contributed by atoms with van der Waals surface area (Å²) in [5, 5.41) is 0.334. The number of pyridine rings is 1. The fourth-order valence-electron chi connectivity index (χ4n) is 1.54. The van der Waals surface area contributed by atoms with Gasteiger partial charge in [-0.25, -0.2) is 13.4 Å². The maximum atomic E-state index is 12.1. The molecule has 102 valence electrons. The summed E-state index contributed by atoms with van der Waals surface area (Å²) in [6.45, 7) is 3.86.